The number of hydrogen-bond donors (Lipinski definition) is 2. The van der Waals surface area contributed by atoms with Crippen LogP contribution in [0.4, 0.5) is 4.79 Å². The second-order valence-electron chi connectivity index (χ2n) is 20.8. The number of aromatic nitrogens is 1. The van der Waals surface area contributed by atoms with Crippen LogP contribution >= 0.6 is 15.9 Å². The van der Waals surface area contributed by atoms with Gasteiger partial charge in [0.1, 0.15) is 40.1 Å². The van der Waals surface area contributed by atoms with Gasteiger partial charge in [-0.2, -0.15) is 0 Å². The number of rotatable bonds is 16. The molecule has 0 radical (unpaired) electrons. The summed E-state index contributed by atoms with van der Waals surface area (Å²) in [5.41, 5.74) is -1.31. The van der Waals surface area contributed by atoms with Crippen LogP contribution in [0, 0.1) is 11.8 Å². The molecule has 6 aliphatic rings. The lowest BCUT2D eigenvalue weighted by Gasteiger charge is -2.32. The largest absolute Gasteiger partial charge is 0.491 e. The van der Waals surface area contributed by atoms with Gasteiger partial charge in [-0.1, -0.05) is 55.6 Å². The van der Waals surface area contributed by atoms with Crippen molar-refractivity contribution in [3.63, 3.8) is 0 Å². The summed E-state index contributed by atoms with van der Waals surface area (Å²) in [5, 5.41) is 6.80. The van der Waals surface area contributed by atoms with E-state index < -0.39 is 47.6 Å². The summed E-state index contributed by atoms with van der Waals surface area (Å²) >= 11 is 3.77. The highest BCUT2D eigenvalue weighted by atomic mass is 79.9. The summed E-state index contributed by atoms with van der Waals surface area (Å²) < 4.78 is 37.2. The molecule has 15 nitrogen and oxygen atoms in total. The van der Waals surface area contributed by atoms with Crippen molar-refractivity contribution in [2.45, 2.75) is 172 Å². The predicted octanol–water partition coefficient (Wildman–Crippen LogP) is 8.40. The number of fused-ring (bicyclic) bond motifs is 3. The van der Waals surface area contributed by atoms with E-state index in [4.69, 9.17) is 33.2 Å². The van der Waals surface area contributed by atoms with Gasteiger partial charge in [-0.25, -0.2) is 14.6 Å². The minimum atomic E-state index is -1.23. The van der Waals surface area contributed by atoms with E-state index in [1.807, 2.05) is 64.0 Å². The second-order valence-corrected chi connectivity index (χ2v) is 21.6. The van der Waals surface area contributed by atoms with E-state index in [1.54, 1.807) is 6.92 Å². The van der Waals surface area contributed by atoms with Crippen LogP contribution in [0.25, 0.3) is 10.9 Å². The van der Waals surface area contributed by atoms with Crippen molar-refractivity contribution in [2.24, 2.45) is 11.8 Å². The normalized spacial score (nSPS) is 29.6. The van der Waals surface area contributed by atoms with Gasteiger partial charge in [0.15, 0.2) is 0 Å². The minimum absolute atomic E-state index is 0.0422. The topological polar surface area (TPSA) is 167 Å². The van der Waals surface area contributed by atoms with Crippen LogP contribution in [0.3, 0.4) is 0 Å². The first kappa shape index (κ1) is 51.2. The SMILES string of the molecule is CCOC(=O)[C@@]12C[C@H]1/C=C\CCCCC[C@H](NC(=O)O[C@@H]1C[C@H]1CCC/C=C/B1OC(C)(C)C(C)(C)O1)C(=O)N1C[C@H](Oc3nc4ccccc4c(OCCCN4CCCCC4)c3Br)C[C@H]1C(=O)N2. The number of hydrogen-bond acceptors (Lipinski definition) is 12. The molecule has 2 aromatic rings. The van der Waals surface area contributed by atoms with Crippen molar-refractivity contribution in [3.05, 3.63) is 52.9 Å². The summed E-state index contributed by atoms with van der Waals surface area (Å²) in [5.74, 6) is 1.51. The Morgan fingerprint density at radius 2 is 1.78 bits per heavy atom. The first-order chi connectivity index (χ1) is 33.2. The van der Waals surface area contributed by atoms with E-state index in [1.165, 1.54) is 24.2 Å². The molecule has 69 heavy (non-hydrogen) atoms. The second kappa shape index (κ2) is 22.5. The minimum Gasteiger partial charge on any atom is -0.491 e. The molecule has 2 saturated carbocycles. The van der Waals surface area contributed by atoms with Crippen LogP contribution in [-0.4, -0.2) is 126 Å². The molecule has 1 aromatic carbocycles. The summed E-state index contributed by atoms with van der Waals surface area (Å²) in [6.07, 6.45) is 16.7. The molecular formula is C52H73BBrN5O10. The third kappa shape index (κ3) is 12.5. The molecule has 376 valence electrons. The zero-order valence-corrected chi connectivity index (χ0v) is 42.9. The highest BCUT2D eigenvalue weighted by Gasteiger charge is 2.62. The van der Waals surface area contributed by atoms with Crippen molar-refractivity contribution in [1.82, 2.24) is 25.4 Å². The van der Waals surface area contributed by atoms with Gasteiger partial charge in [0.25, 0.3) is 0 Å². The maximum Gasteiger partial charge on any atom is 0.486 e. The number of esters is 1. The van der Waals surface area contributed by atoms with Crippen LogP contribution in [-0.2, 0) is 33.2 Å². The molecule has 2 N–H and O–H groups in total. The fraction of sp³-hybridized carbons (Fsp3) is 0.673. The molecule has 17 heteroatoms. The van der Waals surface area contributed by atoms with Crippen molar-refractivity contribution in [2.75, 3.05) is 39.4 Å². The maximum absolute atomic E-state index is 14.9. The summed E-state index contributed by atoms with van der Waals surface area (Å²) in [6.45, 7) is 13.8. The fourth-order valence-corrected chi connectivity index (χ4v) is 10.7. The Morgan fingerprint density at radius 1 is 1.01 bits per heavy atom. The number of likely N-dealkylation sites (tertiary alicyclic amines) is 1. The summed E-state index contributed by atoms with van der Waals surface area (Å²) in [4.78, 5) is 65.4. The number of carbonyl (C=O) groups is 4. The molecule has 0 bridgehead atoms. The molecule has 8 rings (SSSR count). The van der Waals surface area contributed by atoms with Gasteiger partial charge < -0.3 is 48.7 Å². The monoisotopic (exact) mass is 1020 g/mol. The van der Waals surface area contributed by atoms with Gasteiger partial charge in [0.2, 0.25) is 17.7 Å². The number of pyridine rings is 1. The molecule has 2 aliphatic carbocycles. The van der Waals surface area contributed by atoms with Crippen LogP contribution in [0.1, 0.15) is 131 Å². The van der Waals surface area contributed by atoms with E-state index in [9.17, 15) is 19.2 Å². The van der Waals surface area contributed by atoms with Gasteiger partial charge in [0.05, 0.1) is 36.5 Å². The standard InChI is InChI=1S/C52H73BBrN5O10/c1-6-64-48(62)52-33-36(52)22-13-8-7-9-14-25-40(56-49(63)67-42-31-35(42)21-12-10-17-26-53-68-50(2,3)51(4,5)69-53)47(61)59-34-37(32-41(59)45(60)57-52)66-46-43(54)44(38-23-15-16-24-39(38)55-46)65-30-20-29-58-27-18-11-19-28-58/h13,15-17,22-24,26,35-37,40-42H,6-12,14,18-21,25,27-34H2,1-5H3,(H,56,63)(H,57,60)/b22-13-,26-17+/t35-,36-,37-,40+,41+,42-,52-/m1/s1. The van der Waals surface area contributed by atoms with Gasteiger partial charge in [-0.05, 0) is 152 Å². The lowest BCUT2D eigenvalue weighted by molar-refractivity contribution is -0.150. The van der Waals surface area contributed by atoms with E-state index in [2.05, 4.69) is 43.6 Å². The lowest BCUT2D eigenvalue weighted by atomic mass is 9.89. The number of amides is 3. The number of allylic oxidation sites excluding steroid dienone is 2. The highest BCUT2D eigenvalue weighted by Crippen LogP contribution is 2.47. The third-order valence-electron chi connectivity index (χ3n) is 15.1. The smallest absolute Gasteiger partial charge is 0.486 e. The van der Waals surface area contributed by atoms with Crippen molar-refractivity contribution < 1.29 is 47.4 Å². The summed E-state index contributed by atoms with van der Waals surface area (Å²) in [6, 6.07) is 5.76. The average Bonchev–Trinajstić information content (AvgIpc) is 4.16. The molecule has 0 spiro atoms. The fourth-order valence-electron chi connectivity index (χ4n) is 10.2. The Morgan fingerprint density at radius 3 is 2.57 bits per heavy atom. The molecule has 1 aromatic heterocycles. The number of nitrogens with one attached hydrogen (secondary N) is 2. The quantitative estimate of drug-likeness (QED) is 0.0715. The number of halogens is 1. The van der Waals surface area contributed by atoms with Gasteiger partial charge in [0, 0.05) is 24.3 Å². The van der Waals surface area contributed by atoms with Crippen LogP contribution in [0.5, 0.6) is 11.6 Å². The maximum atomic E-state index is 14.9. The molecule has 5 fully saturated rings. The zero-order chi connectivity index (χ0) is 48.8. The number of para-hydroxylation sites is 1. The van der Waals surface area contributed by atoms with Crippen LogP contribution in [0.15, 0.2) is 52.9 Å². The lowest BCUT2D eigenvalue weighted by Crippen LogP contribution is -2.56. The molecule has 7 atom stereocenters. The van der Waals surface area contributed by atoms with Crippen LogP contribution < -0.4 is 20.1 Å². The number of piperidine rings is 1. The Balaban J connectivity index is 0.948. The predicted molar refractivity (Wildman–Crippen MR) is 267 cm³/mol. The van der Waals surface area contributed by atoms with E-state index in [0.29, 0.717) is 41.6 Å². The third-order valence-corrected chi connectivity index (χ3v) is 15.8. The Labute approximate surface area is 416 Å². The number of ether oxygens (including phenoxy) is 4. The number of nitrogens with zero attached hydrogens (tertiary/aromatic N) is 3. The van der Waals surface area contributed by atoms with Crippen molar-refractivity contribution in [1.29, 1.82) is 0 Å². The van der Waals surface area contributed by atoms with Gasteiger partial charge >= 0.3 is 19.2 Å². The molecule has 4 aliphatic heterocycles. The Kier molecular flexibility index (Phi) is 16.7. The summed E-state index contributed by atoms with van der Waals surface area (Å²) in [7, 11) is -0.374. The number of benzene rings is 1. The van der Waals surface area contributed by atoms with E-state index in [-0.39, 0.29) is 61.7 Å². The molecular weight excluding hydrogens is 945 g/mol. The first-order valence-electron chi connectivity index (χ1n) is 25.7. The van der Waals surface area contributed by atoms with E-state index >= 15 is 0 Å². The zero-order valence-electron chi connectivity index (χ0n) is 41.3. The van der Waals surface area contributed by atoms with Crippen molar-refractivity contribution >= 4 is 57.8 Å². The number of carbonyl (C=O) groups excluding carboxylic acids is 4. The first-order valence-corrected chi connectivity index (χ1v) is 26.5. The van der Waals surface area contributed by atoms with Crippen molar-refractivity contribution in [3.8, 4) is 11.6 Å². The number of alkyl carbamates (subject to hydrolysis) is 1. The number of unbranched alkanes of at least 4 members (excludes halogenated alkanes) is 1. The van der Waals surface area contributed by atoms with Gasteiger partial charge in [-0.3, -0.25) is 9.59 Å². The van der Waals surface area contributed by atoms with Gasteiger partial charge in [-0.15, -0.1) is 0 Å². The molecule has 3 amide bonds. The molecule has 5 heterocycles. The molecule has 0 unspecified atom stereocenters. The Bertz CT molecular complexity index is 2200. The highest BCUT2D eigenvalue weighted by molar-refractivity contribution is 9.10. The van der Waals surface area contributed by atoms with Crippen LogP contribution in [0.2, 0.25) is 0 Å². The van der Waals surface area contributed by atoms with E-state index in [0.717, 1.165) is 76.4 Å². The molecule has 3 saturated heterocycles. The Hall–Kier alpha value is -4.19. The average molecular weight is 1020 g/mol.